The fourth-order valence-corrected chi connectivity index (χ4v) is 3.39. The largest absolute Gasteiger partial charge is 0.369 e. The number of amides is 1. The van der Waals surface area contributed by atoms with Crippen molar-refractivity contribution >= 4 is 33.2 Å². The van der Waals surface area contributed by atoms with Crippen LogP contribution in [0.2, 0.25) is 5.02 Å². The molecule has 0 spiro atoms. The van der Waals surface area contributed by atoms with Crippen LogP contribution in [0.25, 0.3) is 0 Å². The molecule has 0 saturated carbocycles. The first-order valence-electron chi connectivity index (χ1n) is 6.13. The third-order valence-electron chi connectivity index (χ3n) is 2.77. The molecule has 2 aromatic carbocycles. The van der Waals surface area contributed by atoms with Crippen molar-refractivity contribution in [3.05, 3.63) is 58.9 Å². The normalized spacial score (nSPS) is 11.2. The fourth-order valence-electron chi connectivity index (χ4n) is 1.80. The van der Waals surface area contributed by atoms with Crippen molar-refractivity contribution in [2.75, 3.05) is 4.72 Å². The molecule has 116 valence electrons. The van der Waals surface area contributed by atoms with E-state index in [2.05, 4.69) is 4.72 Å². The monoisotopic (exact) mass is 342 g/mol. The maximum absolute atomic E-state index is 13.0. The van der Waals surface area contributed by atoms with E-state index in [1.165, 1.54) is 12.1 Å². The molecular weight excluding hydrogens is 331 g/mol. The first-order chi connectivity index (χ1) is 10.3. The summed E-state index contributed by atoms with van der Waals surface area (Å²) in [6, 6.07) is 9.16. The van der Waals surface area contributed by atoms with Gasteiger partial charge in [0.05, 0.1) is 11.4 Å². The molecule has 22 heavy (non-hydrogen) atoms. The van der Waals surface area contributed by atoms with E-state index in [9.17, 15) is 17.6 Å². The van der Waals surface area contributed by atoms with Gasteiger partial charge in [0.2, 0.25) is 5.91 Å². The highest BCUT2D eigenvalue weighted by atomic mass is 35.5. The Bertz CT molecular complexity index is 807. The summed E-state index contributed by atoms with van der Waals surface area (Å²) in [6.45, 7) is 0. The molecular formula is C14H12ClFN2O3S. The summed E-state index contributed by atoms with van der Waals surface area (Å²) in [6.07, 6.45) is 0.0663. The van der Waals surface area contributed by atoms with Gasteiger partial charge in [-0.1, -0.05) is 23.7 Å². The molecule has 0 heterocycles. The molecule has 2 aromatic rings. The zero-order valence-corrected chi connectivity index (χ0v) is 12.8. The Labute approximate surface area is 131 Å². The van der Waals surface area contributed by atoms with E-state index < -0.39 is 21.7 Å². The van der Waals surface area contributed by atoms with Crippen molar-refractivity contribution in [3.63, 3.8) is 0 Å². The van der Waals surface area contributed by atoms with Gasteiger partial charge in [-0.2, -0.15) is 0 Å². The third-order valence-corrected chi connectivity index (χ3v) is 4.63. The second-order valence-corrected chi connectivity index (χ2v) is 6.58. The van der Waals surface area contributed by atoms with E-state index in [0.717, 1.165) is 18.2 Å². The second-order valence-electron chi connectivity index (χ2n) is 4.52. The number of sulfonamides is 1. The SMILES string of the molecule is NC(=O)Cc1ccc(NS(=O)(=O)c2ccc(F)cc2Cl)cc1. The number of rotatable bonds is 5. The van der Waals surface area contributed by atoms with Gasteiger partial charge in [-0.25, -0.2) is 12.8 Å². The quantitative estimate of drug-likeness (QED) is 0.873. The average Bonchev–Trinajstić information content (AvgIpc) is 2.39. The van der Waals surface area contributed by atoms with Crippen LogP contribution in [0.1, 0.15) is 5.56 Å². The zero-order valence-electron chi connectivity index (χ0n) is 11.2. The van der Waals surface area contributed by atoms with Gasteiger partial charge in [-0.15, -0.1) is 0 Å². The van der Waals surface area contributed by atoms with Gasteiger partial charge in [-0.05, 0) is 35.9 Å². The van der Waals surface area contributed by atoms with E-state index in [1.54, 1.807) is 12.1 Å². The molecule has 1 amide bonds. The van der Waals surface area contributed by atoms with Crippen LogP contribution in [-0.4, -0.2) is 14.3 Å². The van der Waals surface area contributed by atoms with Crippen molar-refractivity contribution in [3.8, 4) is 0 Å². The Kier molecular flexibility index (Phi) is 4.68. The minimum Gasteiger partial charge on any atom is -0.369 e. The van der Waals surface area contributed by atoms with E-state index in [4.69, 9.17) is 17.3 Å². The molecule has 0 saturated heterocycles. The van der Waals surface area contributed by atoms with Gasteiger partial charge in [-0.3, -0.25) is 9.52 Å². The lowest BCUT2D eigenvalue weighted by Crippen LogP contribution is -2.15. The van der Waals surface area contributed by atoms with Gasteiger partial charge >= 0.3 is 0 Å². The van der Waals surface area contributed by atoms with Crippen LogP contribution in [0.3, 0.4) is 0 Å². The molecule has 0 radical (unpaired) electrons. The Morgan fingerprint density at radius 1 is 1.18 bits per heavy atom. The molecule has 2 rings (SSSR count). The fraction of sp³-hybridized carbons (Fsp3) is 0.0714. The number of nitrogens with two attached hydrogens (primary N) is 1. The molecule has 3 N–H and O–H groups in total. The van der Waals surface area contributed by atoms with E-state index in [0.29, 0.717) is 5.56 Å². The van der Waals surface area contributed by atoms with E-state index >= 15 is 0 Å². The smallest absolute Gasteiger partial charge is 0.263 e. The van der Waals surface area contributed by atoms with Crippen molar-refractivity contribution < 1.29 is 17.6 Å². The summed E-state index contributed by atoms with van der Waals surface area (Å²) in [5.74, 6) is -1.11. The highest BCUT2D eigenvalue weighted by Gasteiger charge is 2.18. The van der Waals surface area contributed by atoms with Crippen molar-refractivity contribution in [2.45, 2.75) is 11.3 Å². The molecule has 0 fully saturated rings. The maximum atomic E-state index is 13.0. The first kappa shape index (κ1) is 16.3. The molecule has 8 heteroatoms. The summed E-state index contributed by atoms with van der Waals surface area (Å²) in [7, 11) is -3.94. The molecule has 0 aliphatic rings. The van der Waals surface area contributed by atoms with Crippen molar-refractivity contribution in [1.29, 1.82) is 0 Å². The standard InChI is InChI=1S/C14H12ClFN2O3S/c15-12-8-10(16)3-6-13(12)22(20,21)18-11-4-1-9(2-5-11)7-14(17)19/h1-6,8,18H,7H2,(H2,17,19). The van der Waals surface area contributed by atoms with Crippen LogP contribution in [0.15, 0.2) is 47.4 Å². The number of carbonyl (C=O) groups excluding carboxylic acids is 1. The topological polar surface area (TPSA) is 89.3 Å². The molecule has 5 nitrogen and oxygen atoms in total. The van der Waals surface area contributed by atoms with Crippen LogP contribution in [-0.2, 0) is 21.2 Å². The Morgan fingerprint density at radius 2 is 1.82 bits per heavy atom. The van der Waals surface area contributed by atoms with Crippen molar-refractivity contribution in [2.24, 2.45) is 5.73 Å². The number of primary amides is 1. The first-order valence-corrected chi connectivity index (χ1v) is 7.99. The zero-order chi connectivity index (χ0) is 16.3. The molecule has 0 atom stereocenters. The lowest BCUT2D eigenvalue weighted by molar-refractivity contribution is -0.117. The summed E-state index contributed by atoms with van der Waals surface area (Å²) in [4.78, 5) is 10.6. The summed E-state index contributed by atoms with van der Waals surface area (Å²) < 4.78 is 39.7. The summed E-state index contributed by atoms with van der Waals surface area (Å²) in [5.41, 5.74) is 6.02. The Morgan fingerprint density at radius 3 is 2.36 bits per heavy atom. The molecule has 0 aliphatic heterocycles. The number of nitrogens with one attached hydrogen (secondary N) is 1. The second kappa shape index (κ2) is 6.33. The van der Waals surface area contributed by atoms with Gasteiger partial charge in [0, 0.05) is 5.69 Å². The molecule has 0 bridgehead atoms. The highest BCUT2D eigenvalue weighted by Crippen LogP contribution is 2.24. The van der Waals surface area contributed by atoms with Crippen LogP contribution < -0.4 is 10.5 Å². The minimum absolute atomic E-state index is 0.0663. The highest BCUT2D eigenvalue weighted by molar-refractivity contribution is 7.92. The number of benzene rings is 2. The van der Waals surface area contributed by atoms with E-state index in [-0.39, 0.29) is 22.0 Å². The van der Waals surface area contributed by atoms with Gasteiger partial charge < -0.3 is 5.73 Å². The lowest BCUT2D eigenvalue weighted by atomic mass is 10.1. The average molecular weight is 343 g/mol. The maximum Gasteiger partial charge on any atom is 0.263 e. The van der Waals surface area contributed by atoms with Crippen LogP contribution in [0.4, 0.5) is 10.1 Å². The van der Waals surface area contributed by atoms with Crippen molar-refractivity contribution in [1.82, 2.24) is 0 Å². The van der Waals surface area contributed by atoms with E-state index in [1.807, 2.05) is 0 Å². The van der Waals surface area contributed by atoms with Crippen LogP contribution in [0.5, 0.6) is 0 Å². The van der Waals surface area contributed by atoms with Crippen LogP contribution >= 0.6 is 11.6 Å². The molecule has 0 unspecified atom stereocenters. The summed E-state index contributed by atoms with van der Waals surface area (Å²) in [5, 5.41) is -0.210. The van der Waals surface area contributed by atoms with Crippen LogP contribution in [0, 0.1) is 5.82 Å². The number of halogens is 2. The van der Waals surface area contributed by atoms with Gasteiger partial charge in [0.15, 0.2) is 0 Å². The Hall–Kier alpha value is -2.12. The number of hydrogen-bond donors (Lipinski definition) is 2. The van der Waals surface area contributed by atoms with Gasteiger partial charge in [0.1, 0.15) is 10.7 Å². The molecule has 0 aromatic heterocycles. The predicted octanol–water partition coefficient (Wildman–Crippen LogP) is 2.31. The predicted molar refractivity (Wildman–Crippen MR) is 81.6 cm³/mol. The minimum atomic E-state index is -3.94. The number of carbonyl (C=O) groups is 1. The van der Waals surface area contributed by atoms with Gasteiger partial charge in [0.25, 0.3) is 10.0 Å². The Balaban J connectivity index is 2.23. The number of anilines is 1. The summed E-state index contributed by atoms with van der Waals surface area (Å²) >= 11 is 5.75. The number of hydrogen-bond acceptors (Lipinski definition) is 3. The molecule has 0 aliphatic carbocycles. The third kappa shape index (κ3) is 3.96. The lowest BCUT2D eigenvalue weighted by Gasteiger charge is -2.10.